The van der Waals surface area contributed by atoms with Crippen molar-refractivity contribution < 1.29 is 14.7 Å². The molecule has 1 rings (SSSR count). The zero-order chi connectivity index (χ0) is 14.4. The number of benzene rings is 1. The van der Waals surface area contributed by atoms with Crippen LogP contribution >= 0.6 is 0 Å². The lowest BCUT2D eigenvalue weighted by atomic mass is 10.0. The van der Waals surface area contributed by atoms with Crippen LogP contribution in [0, 0.1) is 5.92 Å². The molecule has 0 fully saturated rings. The number of nitrogens with two attached hydrogens (primary N) is 1. The number of aromatic carboxylic acids is 1. The van der Waals surface area contributed by atoms with Crippen molar-refractivity contribution in [1.82, 2.24) is 0 Å². The molecule has 0 spiro atoms. The Balaban J connectivity index is 2.91. The number of rotatable bonds is 6. The van der Waals surface area contributed by atoms with E-state index in [0.717, 1.165) is 6.42 Å². The van der Waals surface area contributed by atoms with Crippen molar-refractivity contribution in [3.63, 3.8) is 0 Å². The second-order valence-electron chi connectivity index (χ2n) is 4.49. The number of carbonyl (C=O) groups excluding carboxylic acids is 1. The topological polar surface area (TPSA) is 83.6 Å². The van der Waals surface area contributed by atoms with Crippen LogP contribution in [0.15, 0.2) is 24.3 Å². The predicted molar refractivity (Wildman–Crippen MR) is 74.3 cm³/mol. The number of carbonyl (C=O) groups is 2. The maximum atomic E-state index is 12.1. The van der Waals surface area contributed by atoms with Crippen molar-refractivity contribution in [2.75, 3.05) is 18.5 Å². The maximum absolute atomic E-state index is 12.1. The van der Waals surface area contributed by atoms with Gasteiger partial charge in [-0.3, -0.25) is 4.79 Å². The van der Waals surface area contributed by atoms with Crippen LogP contribution in [0.5, 0.6) is 0 Å². The van der Waals surface area contributed by atoms with Gasteiger partial charge < -0.3 is 15.7 Å². The summed E-state index contributed by atoms with van der Waals surface area (Å²) >= 11 is 0. The SMILES string of the molecule is CCC(CN)CC(=O)N(C)c1ccccc1C(=O)O. The van der Waals surface area contributed by atoms with E-state index in [1.165, 1.54) is 11.0 Å². The minimum absolute atomic E-state index is 0.119. The third-order valence-electron chi connectivity index (χ3n) is 3.24. The highest BCUT2D eigenvalue weighted by Crippen LogP contribution is 2.21. The van der Waals surface area contributed by atoms with Crippen LogP contribution < -0.4 is 10.6 Å². The number of amides is 1. The van der Waals surface area contributed by atoms with Crippen LogP contribution in [0.2, 0.25) is 0 Å². The van der Waals surface area contributed by atoms with Gasteiger partial charge in [-0.2, -0.15) is 0 Å². The highest BCUT2D eigenvalue weighted by molar-refractivity contribution is 6.01. The molecule has 0 aromatic heterocycles. The summed E-state index contributed by atoms with van der Waals surface area (Å²) in [6.45, 7) is 2.44. The Morgan fingerprint density at radius 2 is 2.00 bits per heavy atom. The minimum atomic E-state index is -1.04. The average Bonchev–Trinajstić information content (AvgIpc) is 2.43. The zero-order valence-electron chi connectivity index (χ0n) is 11.3. The number of hydrogen-bond acceptors (Lipinski definition) is 3. The van der Waals surface area contributed by atoms with E-state index >= 15 is 0 Å². The highest BCUT2D eigenvalue weighted by Gasteiger charge is 2.19. The number of carboxylic acid groups (broad SMARTS) is 1. The molecule has 0 aliphatic rings. The maximum Gasteiger partial charge on any atom is 0.337 e. The molecule has 1 atom stereocenters. The fourth-order valence-corrected chi connectivity index (χ4v) is 1.86. The van der Waals surface area contributed by atoms with Gasteiger partial charge in [-0.05, 0) is 24.6 Å². The Hall–Kier alpha value is -1.88. The molecular formula is C14H20N2O3. The third-order valence-corrected chi connectivity index (χ3v) is 3.24. The third kappa shape index (κ3) is 3.79. The second-order valence-corrected chi connectivity index (χ2v) is 4.49. The van der Waals surface area contributed by atoms with Gasteiger partial charge in [-0.15, -0.1) is 0 Å². The molecule has 104 valence electrons. The largest absolute Gasteiger partial charge is 0.478 e. The summed E-state index contributed by atoms with van der Waals surface area (Å²) in [5.41, 5.74) is 6.12. The molecule has 0 aliphatic heterocycles. The molecular weight excluding hydrogens is 244 g/mol. The Labute approximate surface area is 113 Å². The van der Waals surface area contributed by atoms with Gasteiger partial charge in [0.05, 0.1) is 11.3 Å². The zero-order valence-corrected chi connectivity index (χ0v) is 11.3. The van der Waals surface area contributed by atoms with Crippen LogP contribution in [0.25, 0.3) is 0 Å². The predicted octanol–water partition coefficient (Wildman–Crippen LogP) is 1.72. The lowest BCUT2D eigenvalue weighted by Gasteiger charge is -2.21. The summed E-state index contributed by atoms with van der Waals surface area (Å²) in [5, 5.41) is 9.11. The molecule has 0 radical (unpaired) electrons. The summed E-state index contributed by atoms with van der Waals surface area (Å²) in [7, 11) is 1.59. The number of anilines is 1. The highest BCUT2D eigenvalue weighted by atomic mass is 16.4. The molecule has 5 nitrogen and oxygen atoms in total. The number of hydrogen-bond donors (Lipinski definition) is 2. The van der Waals surface area contributed by atoms with Gasteiger partial charge in [0.15, 0.2) is 0 Å². The average molecular weight is 264 g/mol. The van der Waals surface area contributed by atoms with Gasteiger partial charge in [0.1, 0.15) is 0 Å². The van der Waals surface area contributed by atoms with Crippen molar-refractivity contribution >= 4 is 17.6 Å². The van der Waals surface area contributed by atoms with E-state index < -0.39 is 5.97 Å². The van der Waals surface area contributed by atoms with Crippen molar-refractivity contribution in [2.24, 2.45) is 11.7 Å². The van der Waals surface area contributed by atoms with Crippen molar-refractivity contribution in [3.05, 3.63) is 29.8 Å². The summed E-state index contributed by atoms with van der Waals surface area (Å²) in [6, 6.07) is 6.47. The molecule has 1 aromatic rings. The first kappa shape index (κ1) is 15.2. The quantitative estimate of drug-likeness (QED) is 0.819. The standard InChI is InChI=1S/C14H20N2O3/c1-3-10(9-15)8-13(17)16(2)12-7-5-4-6-11(12)14(18)19/h4-7,10H,3,8-9,15H2,1-2H3,(H,18,19). The summed E-state index contributed by atoms with van der Waals surface area (Å²) in [4.78, 5) is 24.6. The minimum Gasteiger partial charge on any atom is -0.478 e. The van der Waals surface area contributed by atoms with Gasteiger partial charge in [-0.1, -0.05) is 25.5 Å². The molecule has 1 amide bonds. The van der Waals surface area contributed by atoms with E-state index in [1.807, 2.05) is 6.92 Å². The Kier molecular flexibility index (Phi) is 5.51. The smallest absolute Gasteiger partial charge is 0.337 e. The fourth-order valence-electron chi connectivity index (χ4n) is 1.86. The lowest BCUT2D eigenvalue weighted by molar-refractivity contribution is -0.119. The molecule has 0 saturated heterocycles. The summed E-state index contributed by atoms with van der Waals surface area (Å²) in [5.74, 6) is -1.03. The number of nitrogens with zero attached hydrogens (tertiary/aromatic N) is 1. The van der Waals surface area contributed by atoms with E-state index in [1.54, 1.807) is 25.2 Å². The Bertz CT molecular complexity index is 456. The van der Waals surface area contributed by atoms with E-state index in [2.05, 4.69) is 0 Å². The number of carboxylic acids is 1. The van der Waals surface area contributed by atoms with Crippen LogP contribution in [0.4, 0.5) is 5.69 Å². The van der Waals surface area contributed by atoms with Crippen molar-refractivity contribution in [2.45, 2.75) is 19.8 Å². The monoisotopic (exact) mass is 264 g/mol. The van der Waals surface area contributed by atoms with E-state index in [-0.39, 0.29) is 17.4 Å². The molecule has 1 unspecified atom stereocenters. The van der Waals surface area contributed by atoms with E-state index in [0.29, 0.717) is 18.7 Å². The van der Waals surface area contributed by atoms with Gasteiger partial charge in [0.25, 0.3) is 0 Å². The first-order chi connectivity index (χ1) is 9.01. The first-order valence-corrected chi connectivity index (χ1v) is 6.30. The fraction of sp³-hybridized carbons (Fsp3) is 0.429. The lowest BCUT2D eigenvalue weighted by Crippen LogP contribution is -2.31. The van der Waals surface area contributed by atoms with Crippen molar-refractivity contribution in [3.8, 4) is 0 Å². The van der Waals surface area contributed by atoms with Gasteiger partial charge >= 0.3 is 5.97 Å². The molecule has 0 heterocycles. The normalized spacial score (nSPS) is 11.9. The summed E-state index contributed by atoms with van der Waals surface area (Å²) < 4.78 is 0. The summed E-state index contributed by atoms with van der Waals surface area (Å²) in [6.07, 6.45) is 1.16. The first-order valence-electron chi connectivity index (χ1n) is 6.30. The Morgan fingerprint density at radius 3 is 2.53 bits per heavy atom. The molecule has 1 aromatic carbocycles. The molecule has 19 heavy (non-hydrogen) atoms. The van der Waals surface area contributed by atoms with E-state index in [4.69, 9.17) is 10.8 Å². The molecule has 0 bridgehead atoms. The molecule has 3 N–H and O–H groups in total. The Morgan fingerprint density at radius 1 is 1.37 bits per heavy atom. The van der Waals surface area contributed by atoms with Crippen LogP contribution in [-0.2, 0) is 4.79 Å². The van der Waals surface area contributed by atoms with Crippen LogP contribution in [0.3, 0.4) is 0 Å². The molecule has 0 saturated carbocycles. The van der Waals surface area contributed by atoms with Crippen molar-refractivity contribution in [1.29, 1.82) is 0 Å². The van der Waals surface area contributed by atoms with Gasteiger partial charge in [0, 0.05) is 13.5 Å². The van der Waals surface area contributed by atoms with Crippen LogP contribution in [-0.4, -0.2) is 30.6 Å². The van der Waals surface area contributed by atoms with Gasteiger partial charge in [-0.25, -0.2) is 4.79 Å². The molecule has 5 heteroatoms. The van der Waals surface area contributed by atoms with E-state index in [9.17, 15) is 9.59 Å². The number of para-hydroxylation sites is 1. The van der Waals surface area contributed by atoms with Crippen LogP contribution in [0.1, 0.15) is 30.1 Å². The van der Waals surface area contributed by atoms with Gasteiger partial charge in [0.2, 0.25) is 5.91 Å². The second kappa shape index (κ2) is 6.89. The molecule has 0 aliphatic carbocycles.